The molecule has 1 aliphatic heterocycles. The van der Waals surface area contributed by atoms with E-state index >= 15 is 0 Å². The summed E-state index contributed by atoms with van der Waals surface area (Å²) in [6, 6.07) is 10.6. The van der Waals surface area contributed by atoms with E-state index in [-0.39, 0.29) is 18.4 Å². The first-order valence-electron chi connectivity index (χ1n) is 8.84. The highest BCUT2D eigenvalue weighted by Gasteiger charge is 2.27. The fraction of sp³-hybridized carbons (Fsp3) is 0.350. The van der Waals surface area contributed by atoms with Gasteiger partial charge in [-0.1, -0.05) is 0 Å². The summed E-state index contributed by atoms with van der Waals surface area (Å²) in [5, 5.41) is 8.92. The van der Waals surface area contributed by atoms with Gasteiger partial charge in [0.05, 0.1) is 6.20 Å². The maximum atomic E-state index is 12.9. The van der Waals surface area contributed by atoms with Gasteiger partial charge in [-0.25, -0.2) is 0 Å². The van der Waals surface area contributed by atoms with E-state index in [1.807, 2.05) is 11.0 Å². The molecule has 0 radical (unpaired) electrons. The van der Waals surface area contributed by atoms with Crippen LogP contribution in [0.4, 0.5) is 0 Å². The Morgan fingerprint density at radius 2 is 1.96 bits per heavy atom. The first-order valence-corrected chi connectivity index (χ1v) is 8.84. The molecule has 1 N–H and O–H groups in total. The van der Waals surface area contributed by atoms with Gasteiger partial charge >= 0.3 is 5.97 Å². The summed E-state index contributed by atoms with van der Waals surface area (Å²) in [5.74, 6) is 0.403. The van der Waals surface area contributed by atoms with Gasteiger partial charge in [0, 0.05) is 30.8 Å². The van der Waals surface area contributed by atoms with Gasteiger partial charge in [0.2, 0.25) is 0 Å². The Morgan fingerprint density at radius 1 is 1.15 bits per heavy atom. The summed E-state index contributed by atoms with van der Waals surface area (Å²) < 4.78 is 5.69. The number of pyridine rings is 1. The molecule has 1 aromatic carbocycles. The molecule has 0 aliphatic carbocycles. The van der Waals surface area contributed by atoms with Gasteiger partial charge in [0.25, 0.3) is 5.91 Å². The molecule has 2 aromatic rings. The summed E-state index contributed by atoms with van der Waals surface area (Å²) in [6.45, 7) is 0.678. The van der Waals surface area contributed by atoms with Gasteiger partial charge in [0.15, 0.2) is 0 Å². The number of aromatic nitrogens is 1. The number of aliphatic carboxylic acids is 1. The second-order valence-electron chi connectivity index (χ2n) is 6.40. The zero-order valence-electron chi connectivity index (χ0n) is 14.5. The Morgan fingerprint density at radius 3 is 2.65 bits per heavy atom. The molecule has 1 aromatic heterocycles. The third-order valence-corrected chi connectivity index (χ3v) is 4.55. The van der Waals surface area contributed by atoms with Gasteiger partial charge in [-0.2, -0.15) is 0 Å². The molecule has 1 unspecified atom stereocenters. The molecule has 26 heavy (non-hydrogen) atoms. The van der Waals surface area contributed by atoms with Crippen LogP contribution in [0.2, 0.25) is 0 Å². The molecular weight excluding hydrogens is 332 g/mol. The lowest BCUT2D eigenvalue weighted by atomic mass is 9.97. The molecule has 3 rings (SSSR count). The molecule has 6 nitrogen and oxygen atoms in total. The lowest BCUT2D eigenvalue weighted by Gasteiger charge is -2.35. The zero-order valence-corrected chi connectivity index (χ0v) is 14.5. The van der Waals surface area contributed by atoms with Crippen LogP contribution in [0.5, 0.6) is 11.5 Å². The van der Waals surface area contributed by atoms with Crippen LogP contribution >= 0.6 is 0 Å². The normalized spacial score (nSPS) is 16.9. The number of likely N-dealkylation sites (tertiary alicyclic amines) is 1. The van der Waals surface area contributed by atoms with Gasteiger partial charge in [-0.15, -0.1) is 0 Å². The summed E-state index contributed by atoms with van der Waals surface area (Å²) in [6.07, 6.45) is 6.74. The van der Waals surface area contributed by atoms with Crippen molar-refractivity contribution >= 4 is 11.9 Å². The minimum absolute atomic E-state index is 0.00123. The van der Waals surface area contributed by atoms with Crippen molar-refractivity contribution in [1.82, 2.24) is 9.88 Å². The number of benzene rings is 1. The van der Waals surface area contributed by atoms with Gasteiger partial charge in [-0.05, 0) is 62.1 Å². The quantitative estimate of drug-likeness (QED) is 0.855. The van der Waals surface area contributed by atoms with Crippen molar-refractivity contribution in [3.63, 3.8) is 0 Å². The third-order valence-electron chi connectivity index (χ3n) is 4.55. The van der Waals surface area contributed by atoms with E-state index in [9.17, 15) is 9.59 Å². The Labute approximate surface area is 152 Å². The van der Waals surface area contributed by atoms with Crippen LogP contribution in [0.3, 0.4) is 0 Å². The van der Waals surface area contributed by atoms with E-state index in [0.717, 1.165) is 19.3 Å². The van der Waals surface area contributed by atoms with Crippen molar-refractivity contribution < 1.29 is 19.4 Å². The van der Waals surface area contributed by atoms with Crippen LogP contribution in [0.15, 0.2) is 48.8 Å². The van der Waals surface area contributed by atoms with Crippen LogP contribution in [0.1, 0.15) is 42.5 Å². The number of hydrogen-bond acceptors (Lipinski definition) is 4. The van der Waals surface area contributed by atoms with Crippen LogP contribution < -0.4 is 4.74 Å². The highest BCUT2D eigenvalue weighted by Crippen LogP contribution is 2.25. The van der Waals surface area contributed by atoms with E-state index in [1.165, 1.54) is 0 Å². The maximum absolute atomic E-state index is 12.9. The van der Waals surface area contributed by atoms with Crippen molar-refractivity contribution in [2.45, 2.75) is 38.1 Å². The summed E-state index contributed by atoms with van der Waals surface area (Å²) in [7, 11) is 0. The van der Waals surface area contributed by atoms with E-state index in [4.69, 9.17) is 9.84 Å². The number of carbonyl (C=O) groups excluding carboxylic acids is 1. The molecular formula is C20H22N2O4. The molecule has 0 bridgehead atoms. The molecule has 1 aliphatic rings. The number of carboxylic acid groups (broad SMARTS) is 1. The fourth-order valence-electron chi connectivity index (χ4n) is 3.23. The number of nitrogens with zero attached hydrogens (tertiary/aromatic N) is 2. The van der Waals surface area contributed by atoms with Crippen molar-refractivity contribution in [2.75, 3.05) is 6.54 Å². The molecule has 6 heteroatoms. The average Bonchev–Trinajstić information content (AvgIpc) is 2.67. The van der Waals surface area contributed by atoms with Gasteiger partial charge in [0.1, 0.15) is 11.5 Å². The standard InChI is InChI=1S/C20H22N2O4/c23-19(24)11-8-16-4-1-2-13-22(16)20(25)15-6-9-17(10-7-15)26-18-5-3-12-21-14-18/h3,5-7,9-10,12,14,16H,1-2,4,8,11,13H2,(H,23,24). The van der Waals surface area contributed by atoms with E-state index in [0.29, 0.717) is 30.0 Å². The SMILES string of the molecule is O=C(O)CCC1CCCCN1C(=O)c1ccc(Oc2cccnc2)cc1. The largest absolute Gasteiger partial charge is 0.481 e. The second-order valence-corrected chi connectivity index (χ2v) is 6.40. The van der Waals surface area contributed by atoms with Crippen molar-refractivity contribution in [3.05, 3.63) is 54.4 Å². The minimum Gasteiger partial charge on any atom is -0.481 e. The summed E-state index contributed by atoms with van der Waals surface area (Å²) in [5.41, 5.74) is 0.589. The maximum Gasteiger partial charge on any atom is 0.303 e. The molecule has 136 valence electrons. The lowest BCUT2D eigenvalue weighted by molar-refractivity contribution is -0.137. The highest BCUT2D eigenvalue weighted by atomic mass is 16.5. The lowest BCUT2D eigenvalue weighted by Crippen LogP contribution is -2.43. The number of hydrogen-bond donors (Lipinski definition) is 1. The summed E-state index contributed by atoms with van der Waals surface area (Å²) in [4.78, 5) is 29.5. The molecule has 0 saturated carbocycles. The number of carbonyl (C=O) groups is 2. The van der Waals surface area contributed by atoms with Crippen molar-refractivity contribution in [2.24, 2.45) is 0 Å². The second kappa shape index (κ2) is 8.47. The molecule has 1 fully saturated rings. The molecule has 1 amide bonds. The van der Waals surface area contributed by atoms with Crippen LogP contribution in [-0.2, 0) is 4.79 Å². The zero-order chi connectivity index (χ0) is 18.4. The number of piperidine rings is 1. The topological polar surface area (TPSA) is 79.7 Å². The van der Waals surface area contributed by atoms with E-state index in [1.54, 1.807) is 42.7 Å². The Balaban J connectivity index is 1.67. The van der Waals surface area contributed by atoms with Gasteiger partial charge in [-0.3, -0.25) is 14.6 Å². The number of amides is 1. The third kappa shape index (κ3) is 4.59. The van der Waals surface area contributed by atoms with Crippen LogP contribution in [0, 0.1) is 0 Å². The molecule has 0 spiro atoms. The van der Waals surface area contributed by atoms with E-state index < -0.39 is 5.97 Å². The minimum atomic E-state index is -0.820. The fourth-order valence-corrected chi connectivity index (χ4v) is 3.23. The molecule has 2 heterocycles. The first-order chi connectivity index (χ1) is 12.6. The van der Waals surface area contributed by atoms with Crippen LogP contribution in [-0.4, -0.2) is 39.5 Å². The average molecular weight is 354 g/mol. The summed E-state index contributed by atoms with van der Waals surface area (Å²) >= 11 is 0. The van der Waals surface area contributed by atoms with E-state index in [2.05, 4.69) is 4.98 Å². The Bertz CT molecular complexity index is 746. The Hall–Kier alpha value is -2.89. The van der Waals surface area contributed by atoms with Gasteiger partial charge < -0.3 is 14.7 Å². The molecule has 1 atom stereocenters. The van der Waals surface area contributed by atoms with Crippen molar-refractivity contribution in [3.8, 4) is 11.5 Å². The number of ether oxygens (including phenoxy) is 1. The highest BCUT2D eigenvalue weighted by molar-refractivity contribution is 5.94. The monoisotopic (exact) mass is 354 g/mol. The predicted octanol–water partition coefficient (Wildman–Crippen LogP) is 3.73. The molecule has 1 saturated heterocycles. The van der Waals surface area contributed by atoms with Crippen molar-refractivity contribution in [1.29, 1.82) is 0 Å². The first kappa shape index (κ1) is 17.9. The Kier molecular flexibility index (Phi) is 5.84. The van der Waals surface area contributed by atoms with Crippen LogP contribution in [0.25, 0.3) is 0 Å². The number of rotatable bonds is 6. The predicted molar refractivity (Wildman–Crippen MR) is 96.3 cm³/mol. The number of carboxylic acids is 1. The smallest absolute Gasteiger partial charge is 0.303 e.